The minimum Gasteiger partial charge on any atom is -0.369 e. The van der Waals surface area contributed by atoms with E-state index in [1.54, 1.807) is 0 Å². The van der Waals surface area contributed by atoms with E-state index in [2.05, 4.69) is 16.5 Å². The molecule has 0 saturated heterocycles. The molecule has 1 heterocycles. The predicted molar refractivity (Wildman–Crippen MR) is 75.8 cm³/mol. The first-order valence-corrected chi connectivity index (χ1v) is 6.96. The topological polar surface area (TPSA) is 43.8 Å². The Morgan fingerprint density at radius 3 is 3.00 bits per heavy atom. The van der Waals surface area contributed by atoms with E-state index in [0.29, 0.717) is 17.0 Å². The van der Waals surface area contributed by atoms with Crippen LogP contribution in [-0.2, 0) is 0 Å². The van der Waals surface area contributed by atoms with E-state index in [1.807, 2.05) is 18.2 Å². The Morgan fingerprint density at radius 2 is 2.22 bits per heavy atom. The lowest BCUT2D eigenvalue weighted by atomic mass is 9.87. The Bertz CT molecular complexity index is 576. The van der Waals surface area contributed by atoms with Gasteiger partial charge in [-0.25, -0.2) is 4.98 Å². The number of aromatic nitrogens is 2. The van der Waals surface area contributed by atoms with Crippen LogP contribution in [0.4, 0.5) is 5.95 Å². The van der Waals surface area contributed by atoms with Gasteiger partial charge >= 0.3 is 0 Å². The van der Waals surface area contributed by atoms with Crippen LogP contribution in [0.25, 0.3) is 11.0 Å². The number of halogens is 1. The summed E-state index contributed by atoms with van der Waals surface area (Å²) in [5.74, 6) is 1.39. The van der Waals surface area contributed by atoms with Crippen molar-refractivity contribution in [2.24, 2.45) is 5.92 Å². The molecule has 0 aliphatic heterocycles. The van der Waals surface area contributed by atoms with Gasteiger partial charge in [0.05, 0.1) is 11.0 Å². The maximum absolute atomic E-state index is 6.09. The van der Waals surface area contributed by atoms with Crippen molar-refractivity contribution in [3.63, 3.8) is 0 Å². The molecule has 0 bridgehead atoms. The number of nitrogens with two attached hydrogens (primary N) is 1. The minimum atomic E-state index is 0.486. The number of hydrogen-bond acceptors (Lipinski definition) is 2. The van der Waals surface area contributed by atoms with Crippen molar-refractivity contribution >= 4 is 28.6 Å². The van der Waals surface area contributed by atoms with Crippen molar-refractivity contribution in [2.45, 2.75) is 38.6 Å². The van der Waals surface area contributed by atoms with Crippen LogP contribution >= 0.6 is 11.6 Å². The van der Waals surface area contributed by atoms with Gasteiger partial charge in [-0.05, 0) is 37.0 Å². The van der Waals surface area contributed by atoms with E-state index in [1.165, 1.54) is 25.7 Å². The first kappa shape index (κ1) is 11.8. The lowest BCUT2D eigenvalue weighted by molar-refractivity contribution is 0.289. The summed E-state index contributed by atoms with van der Waals surface area (Å²) in [5, 5.41) is 0.712. The molecule has 0 amide bonds. The van der Waals surface area contributed by atoms with Gasteiger partial charge in [0.25, 0.3) is 0 Å². The second kappa shape index (κ2) is 4.47. The van der Waals surface area contributed by atoms with Crippen LogP contribution in [0.15, 0.2) is 18.2 Å². The van der Waals surface area contributed by atoms with Gasteiger partial charge in [0, 0.05) is 11.1 Å². The summed E-state index contributed by atoms with van der Waals surface area (Å²) in [6.07, 6.45) is 4.99. The average Bonchev–Trinajstić information content (AvgIpc) is 2.64. The SMILES string of the molecule is CC1CCCC(n2c(N)nc3cc(Cl)ccc32)C1. The highest BCUT2D eigenvalue weighted by molar-refractivity contribution is 6.31. The Labute approximate surface area is 112 Å². The number of nitrogen functional groups attached to an aromatic ring is 1. The molecule has 1 aromatic heterocycles. The summed E-state index contributed by atoms with van der Waals surface area (Å²) in [6.45, 7) is 2.32. The molecule has 2 N–H and O–H groups in total. The number of rotatable bonds is 1. The quantitative estimate of drug-likeness (QED) is 0.844. The monoisotopic (exact) mass is 263 g/mol. The molecule has 1 fully saturated rings. The number of benzene rings is 1. The Kier molecular flexibility index (Phi) is 2.94. The number of imidazole rings is 1. The number of fused-ring (bicyclic) bond motifs is 1. The van der Waals surface area contributed by atoms with Crippen molar-refractivity contribution in [2.75, 3.05) is 5.73 Å². The van der Waals surface area contributed by atoms with Gasteiger partial charge in [-0.15, -0.1) is 0 Å². The zero-order valence-corrected chi connectivity index (χ0v) is 11.3. The fraction of sp³-hybridized carbons (Fsp3) is 0.500. The Hall–Kier alpha value is -1.22. The van der Waals surface area contributed by atoms with Gasteiger partial charge in [-0.2, -0.15) is 0 Å². The molecule has 1 aliphatic rings. The molecule has 1 aromatic carbocycles. The fourth-order valence-corrected chi connectivity index (χ4v) is 3.28. The highest BCUT2D eigenvalue weighted by Crippen LogP contribution is 2.36. The molecule has 3 nitrogen and oxygen atoms in total. The largest absolute Gasteiger partial charge is 0.369 e. The number of nitrogens with zero attached hydrogens (tertiary/aromatic N) is 2. The summed E-state index contributed by atoms with van der Waals surface area (Å²) >= 11 is 6.00. The Balaban J connectivity index is 2.07. The maximum Gasteiger partial charge on any atom is 0.201 e. The van der Waals surface area contributed by atoms with Gasteiger partial charge in [0.15, 0.2) is 0 Å². The third-order valence-electron chi connectivity index (χ3n) is 3.95. The number of anilines is 1. The van der Waals surface area contributed by atoms with E-state index in [9.17, 15) is 0 Å². The van der Waals surface area contributed by atoms with E-state index in [4.69, 9.17) is 17.3 Å². The highest BCUT2D eigenvalue weighted by atomic mass is 35.5. The lowest BCUT2D eigenvalue weighted by Gasteiger charge is -2.28. The highest BCUT2D eigenvalue weighted by Gasteiger charge is 2.23. The molecule has 96 valence electrons. The molecule has 4 heteroatoms. The van der Waals surface area contributed by atoms with Crippen LogP contribution in [0.5, 0.6) is 0 Å². The molecular formula is C14H18ClN3. The smallest absolute Gasteiger partial charge is 0.201 e. The standard InChI is InChI=1S/C14H18ClN3/c1-9-3-2-4-11(7-9)18-13-6-5-10(15)8-12(13)17-14(18)16/h5-6,8-9,11H,2-4,7H2,1H3,(H2,16,17). The zero-order chi connectivity index (χ0) is 12.7. The summed E-state index contributed by atoms with van der Waals surface area (Å²) in [7, 11) is 0. The molecule has 1 saturated carbocycles. The third-order valence-corrected chi connectivity index (χ3v) is 4.19. The normalized spacial score (nSPS) is 24.6. The third kappa shape index (κ3) is 1.97. The molecule has 1 aliphatic carbocycles. The van der Waals surface area contributed by atoms with Crippen LogP contribution in [0.3, 0.4) is 0 Å². The molecule has 18 heavy (non-hydrogen) atoms. The van der Waals surface area contributed by atoms with Crippen LogP contribution in [-0.4, -0.2) is 9.55 Å². The van der Waals surface area contributed by atoms with Crippen molar-refractivity contribution in [1.82, 2.24) is 9.55 Å². The van der Waals surface area contributed by atoms with E-state index in [0.717, 1.165) is 17.0 Å². The van der Waals surface area contributed by atoms with Crippen LogP contribution < -0.4 is 5.73 Å². The minimum absolute atomic E-state index is 0.486. The molecule has 2 aromatic rings. The average molecular weight is 264 g/mol. The molecule has 0 radical (unpaired) electrons. The second-order valence-electron chi connectivity index (χ2n) is 5.40. The first-order valence-electron chi connectivity index (χ1n) is 6.58. The van der Waals surface area contributed by atoms with Crippen LogP contribution in [0.1, 0.15) is 38.6 Å². The molecule has 0 spiro atoms. The van der Waals surface area contributed by atoms with Crippen molar-refractivity contribution < 1.29 is 0 Å². The first-order chi connectivity index (χ1) is 8.65. The Morgan fingerprint density at radius 1 is 1.39 bits per heavy atom. The van der Waals surface area contributed by atoms with Crippen LogP contribution in [0, 0.1) is 5.92 Å². The molecular weight excluding hydrogens is 246 g/mol. The van der Waals surface area contributed by atoms with Gasteiger partial charge in [0.1, 0.15) is 0 Å². The summed E-state index contributed by atoms with van der Waals surface area (Å²) in [4.78, 5) is 4.43. The maximum atomic E-state index is 6.09. The van der Waals surface area contributed by atoms with Crippen molar-refractivity contribution in [1.29, 1.82) is 0 Å². The van der Waals surface area contributed by atoms with E-state index >= 15 is 0 Å². The molecule has 2 atom stereocenters. The van der Waals surface area contributed by atoms with E-state index < -0.39 is 0 Å². The molecule has 2 unspecified atom stereocenters. The van der Waals surface area contributed by atoms with Crippen molar-refractivity contribution in [3.8, 4) is 0 Å². The van der Waals surface area contributed by atoms with Gasteiger partial charge in [0.2, 0.25) is 5.95 Å². The van der Waals surface area contributed by atoms with Gasteiger partial charge < -0.3 is 10.3 Å². The summed E-state index contributed by atoms with van der Waals surface area (Å²) in [6, 6.07) is 6.31. The second-order valence-corrected chi connectivity index (χ2v) is 5.84. The van der Waals surface area contributed by atoms with Crippen LogP contribution in [0.2, 0.25) is 5.02 Å². The van der Waals surface area contributed by atoms with Gasteiger partial charge in [-0.1, -0.05) is 31.4 Å². The number of hydrogen-bond donors (Lipinski definition) is 1. The molecule has 3 rings (SSSR count). The fourth-order valence-electron chi connectivity index (χ4n) is 3.11. The van der Waals surface area contributed by atoms with Gasteiger partial charge in [-0.3, -0.25) is 0 Å². The summed E-state index contributed by atoms with van der Waals surface area (Å²) < 4.78 is 2.20. The lowest BCUT2D eigenvalue weighted by Crippen LogP contribution is -2.19. The predicted octanol–water partition coefficient (Wildman–Crippen LogP) is 4.02. The zero-order valence-electron chi connectivity index (χ0n) is 10.6. The van der Waals surface area contributed by atoms with Crippen molar-refractivity contribution in [3.05, 3.63) is 23.2 Å². The summed E-state index contributed by atoms with van der Waals surface area (Å²) in [5.41, 5.74) is 8.10. The van der Waals surface area contributed by atoms with E-state index in [-0.39, 0.29) is 0 Å².